The molecule has 2 rings (SSSR count). The minimum absolute atomic E-state index is 0.146. The zero-order valence-electron chi connectivity index (χ0n) is 16.4. The average Bonchev–Trinajstić information content (AvgIpc) is 2.70. The highest BCUT2D eigenvalue weighted by Crippen LogP contribution is 2.27. The Labute approximate surface area is 168 Å². The van der Waals surface area contributed by atoms with Crippen molar-refractivity contribution in [3.63, 3.8) is 0 Å². The number of hydrogen-bond donors (Lipinski definition) is 2. The predicted octanol–water partition coefficient (Wildman–Crippen LogP) is 2.85. The van der Waals surface area contributed by atoms with Gasteiger partial charge >= 0.3 is 0 Å². The van der Waals surface area contributed by atoms with E-state index in [0.717, 1.165) is 17.7 Å². The number of amides is 2. The summed E-state index contributed by atoms with van der Waals surface area (Å²) in [6.07, 6.45) is 1.25. The molecule has 0 fully saturated rings. The van der Waals surface area contributed by atoms with Crippen LogP contribution in [0, 0.1) is 11.6 Å². The molecule has 2 aromatic rings. The summed E-state index contributed by atoms with van der Waals surface area (Å²) in [6, 6.07) is 8.32. The van der Waals surface area contributed by atoms with Gasteiger partial charge in [-0.05, 0) is 42.7 Å². The van der Waals surface area contributed by atoms with E-state index in [1.807, 2.05) is 18.2 Å². The van der Waals surface area contributed by atoms with Crippen LogP contribution in [0.5, 0.6) is 11.5 Å². The van der Waals surface area contributed by atoms with Gasteiger partial charge in [0.15, 0.2) is 11.5 Å². The molecule has 0 bridgehead atoms. The van der Waals surface area contributed by atoms with Gasteiger partial charge < -0.3 is 20.1 Å². The second-order valence-electron chi connectivity index (χ2n) is 6.27. The molecule has 156 valence electrons. The highest BCUT2D eigenvalue weighted by Gasteiger charge is 2.12. The highest BCUT2D eigenvalue weighted by molar-refractivity contribution is 5.94. The molecule has 0 heterocycles. The van der Waals surface area contributed by atoms with Crippen LogP contribution in [0.2, 0.25) is 0 Å². The fourth-order valence-electron chi connectivity index (χ4n) is 2.69. The SMILES string of the molecule is COc1ccc(CCNC(=O)CCCNC(=O)c2ccc(F)cc2F)cc1OC. The van der Waals surface area contributed by atoms with Crippen LogP contribution < -0.4 is 20.1 Å². The van der Waals surface area contributed by atoms with Crippen molar-refractivity contribution in [1.29, 1.82) is 0 Å². The quantitative estimate of drug-likeness (QED) is 0.595. The van der Waals surface area contributed by atoms with Gasteiger partial charge in [-0.2, -0.15) is 0 Å². The Morgan fingerprint density at radius 1 is 0.931 bits per heavy atom. The first kappa shape index (κ1) is 22.1. The van der Waals surface area contributed by atoms with Gasteiger partial charge in [0.25, 0.3) is 5.91 Å². The van der Waals surface area contributed by atoms with E-state index in [0.29, 0.717) is 37.0 Å². The maximum absolute atomic E-state index is 13.5. The largest absolute Gasteiger partial charge is 0.493 e. The van der Waals surface area contributed by atoms with Gasteiger partial charge in [-0.1, -0.05) is 6.07 Å². The Hall–Kier alpha value is -3.16. The first-order chi connectivity index (χ1) is 13.9. The molecular formula is C21H24F2N2O4. The van der Waals surface area contributed by atoms with Crippen LogP contribution >= 0.6 is 0 Å². The van der Waals surface area contributed by atoms with Gasteiger partial charge in [0, 0.05) is 25.6 Å². The normalized spacial score (nSPS) is 10.3. The first-order valence-corrected chi connectivity index (χ1v) is 9.15. The number of halogens is 2. The maximum atomic E-state index is 13.5. The van der Waals surface area contributed by atoms with Crippen molar-refractivity contribution in [3.8, 4) is 11.5 Å². The summed E-state index contributed by atoms with van der Waals surface area (Å²) in [7, 11) is 3.13. The smallest absolute Gasteiger partial charge is 0.254 e. The van der Waals surface area contributed by atoms with Gasteiger partial charge in [0.05, 0.1) is 19.8 Å². The van der Waals surface area contributed by atoms with Crippen molar-refractivity contribution in [2.45, 2.75) is 19.3 Å². The third-order valence-corrected chi connectivity index (χ3v) is 4.23. The molecule has 2 aromatic carbocycles. The van der Waals surface area contributed by atoms with Crippen LogP contribution in [0.25, 0.3) is 0 Å². The summed E-state index contributed by atoms with van der Waals surface area (Å²) in [5, 5.41) is 5.32. The van der Waals surface area contributed by atoms with Gasteiger partial charge in [0.2, 0.25) is 5.91 Å². The van der Waals surface area contributed by atoms with Crippen molar-refractivity contribution < 1.29 is 27.8 Å². The molecule has 0 aromatic heterocycles. The Kier molecular flexibility index (Phi) is 8.39. The van der Waals surface area contributed by atoms with Crippen LogP contribution in [0.15, 0.2) is 36.4 Å². The lowest BCUT2D eigenvalue weighted by Crippen LogP contribution is -2.29. The molecule has 29 heavy (non-hydrogen) atoms. The number of benzene rings is 2. The molecule has 0 unspecified atom stereocenters. The second kappa shape index (κ2) is 11.0. The van der Waals surface area contributed by atoms with E-state index < -0.39 is 17.5 Å². The first-order valence-electron chi connectivity index (χ1n) is 9.15. The Balaban J connectivity index is 1.66. The average molecular weight is 406 g/mol. The minimum Gasteiger partial charge on any atom is -0.493 e. The molecular weight excluding hydrogens is 382 g/mol. The fourth-order valence-corrected chi connectivity index (χ4v) is 2.69. The maximum Gasteiger partial charge on any atom is 0.254 e. The monoisotopic (exact) mass is 406 g/mol. The summed E-state index contributed by atoms with van der Waals surface area (Å²) in [5.74, 6) is -1.18. The van der Waals surface area contributed by atoms with Gasteiger partial charge in [0.1, 0.15) is 11.6 Å². The third kappa shape index (κ3) is 6.74. The predicted molar refractivity (Wildman–Crippen MR) is 104 cm³/mol. The van der Waals surface area contributed by atoms with E-state index in [9.17, 15) is 18.4 Å². The zero-order valence-corrected chi connectivity index (χ0v) is 16.4. The molecule has 0 saturated heterocycles. The van der Waals surface area contributed by atoms with Crippen molar-refractivity contribution in [1.82, 2.24) is 10.6 Å². The van der Waals surface area contributed by atoms with Crippen LogP contribution in [-0.2, 0) is 11.2 Å². The van der Waals surface area contributed by atoms with Gasteiger partial charge in [-0.3, -0.25) is 9.59 Å². The summed E-state index contributed by atoms with van der Waals surface area (Å²) < 4.78 is 36.8. The zero-order chi connectivity index (χ0) is 21.2. The third-order valence-electron chi connectivity index (χ3n) is 4.23. The van der Waals surface area contributed by atoms with Crippen molar-refractivity contribution >= 4 is 11.8 Å². The van der Waals surface area contributed by atoms with E-state index in [1.165, 1.54) is 0 Å². The fraction of sp³-hybridized carbons (Fsp3) is 0.333. The molecule has 0 aliphatic rings. The Morgan fingerprint density at radius 3 is 2.38 bits per heavy atom. The van der Waals surface area contributed by atoms with Crippen molar-refractivity contribution in [2.75, 3.05) is 27.3 Å². The standard InChI is InChI=1S/C21H24F2N2O4/c1-28-18-8-5-14(12-19(18)29-2)9-11-24-20(26)4-3-10-25-21(27)16-7-6-15(22)13-17(16)23/h5-8,12-13H,3-4,9-11H2,1-2H3,(H,24,26)(H,25,27). The number of nitrogens with one attached hydrogen (secondary N) is 2. The van der Waals surface area contributed by atoms with Gasteiger partial charge in [-0.15, -0.1) is 0 Å². The van der Waals surface area contributed by atoms with Crippen LogP contribution in [0.3, 0.4) is 0 Å². The molecule has 2 N–H and O–H groups in total. The Morgan fingerprint density at radius 2 is 1.69 bits per heavy atom. The van der Waals surface area contributed by atoms with Crippen LogP contribution in [0.4, 0.5) is 8.78 Å². The highest BCUT2D eigenvalue weighted by atomic mass is 19.1. The minimum atomic E-state index is -0.921. The number of carbonyl (C=O) groups is 2. The molecule has 2 amide bonds. The lowest BCUT2D eigenvalue weighted by molar-refractivity contribution is -0.121. The summed E-state index contributed by atoms with van der Waals surface area (Å²) in [6.45, 7) is 0.667. The Bertz CT molecular complexity index is 859. The molecule has 0 atom stereocenters. The molecule has 0 aliphatic carbocycles. The summed E-state index contributed by atoms with van der Waals surface area (Å²) in [5.41, 5.74) is 0.766. The lowest BCUT2D eigenvalue weighted by Gasteiger charge is -2.10. The summed E-state index contributed by atoms with van der Waals surface area (Å²) >= 11 is 0. The van der Waals surface area contributed by atoms with Crippen molar-refractivity contribution in [3.05, 3.63) is 59.2 Å². The van der Waals surface area contributed by atoms with E-state index >= 15 is 0 Å². The van der Waals surface area contributed by atoms with Crippen LogP contribution in [0.1, 0.15) is 28.8 Å². The summed E-state index contributed by atoms with van der Waals surface area (Å²) in [4.78, 5) is 23.7. The van der Waals surface area contributed by atoms with Gasteiger partial charge in [-0.25, -0.2) is 8.78 Å². The molecule has 0 spiro atoms. The molecule has 0 radical (unpaired) electrons. The molecule has 0 aliphatic heterocycles. The van der Waals surface area contributed by atoms with Crippen molar-refractivity contribution in [2.24, 2.45) is 0 Å². The molecule has 0 saturated carbocycles. The number of hydrogen-bond acceptors (Lipinski definition) is 4. The van der Waals surface area contributed by atoms with E-state index in [-0.39, 0.29) is 24.4 Å². The molecule has 8 heteroatoms. The van der Waals surface area contributed by atoms with E-state index in [4.69, 9.17) is 9.47 Å². The van der Waals surface area contributed by atoms with E-state index in [1.54, 1.807) is 14.2 Å². The topological polar surface area (TPSA) is 76.7 Å². The number of rotatable bonds is 10. The molecule has 6 nitrogen and oxygen atoms in total. The number of ether oxygens (including phenoxy) is 2. The van der Waals surface area contributed by atoms with Crippen LogP contribution in [-0.4, -0.2) is 39.1 Å². The number of carbonyl (C=O) groups excluding carboxylic acids is 2. The lowest BCUT2D eigenvalue weighted by atomic mass is 10.1. The second-order valence-corrected chi connectivity index (χ2v) is 6.27. The van der Waals surface area contributed by atoms with E-state index in [2.05, 4.69) is 10.6 Å². The number of methoxy groups -OCH3 is 2.